The lowest BCUT2D eigenvalue weighted by atomic mass is 9.92. The van der Waals surface area contributed by atoms with Gasteiger partial charge in [-0.3, -0.25) is 0 Å². The minimum Gasteiger partial charge on any atom is -0.493 e. The predicted molar refractivity (Wildman–Crippen MR) is 80.4 cm³/mol. The number of rotatable bonds is 2. The maximum absolute atomic E-state index is 5.91. The van der Waals surface area contributed by atoms with Gasteiger partial charge in [-0.2, -0.15) is 4.98 Å². The molecule has 0 radical (unpaired) electrons. The van der Waals surface area contributed by atoms with Gasteiger partial charge in [-0.15, -0.1) is 11.3 Å². The first-order valence-electron chi connectivity index (χ1n) is 6.71. The zero-order chi connectivity index (χ0) is 14.2. The van der Waals surface area contributed by atoms with E-state index in [0.29, 0.717) is 23.3 Å². The smallest absolute Gasteiger partial charge is 0.260 e. The summed E-state index contributed by atoms with van der Waals surface area (Å²) >= 11 is 1.46. The third-order valence-corrected chi connectivity index (χ3v) is 4.38. The summed E-state index contributed by atoms with van der Waals surface area (Å²) in [6.45, 7) is 0.659. The highest BCUT2D eigenvalue weighted by Gasteiger charge is 2.27. The molecule has 0 aliphatic carbocycles. The standard InChI is InChI=1S/C15H13N3O2S/c16-13-11(6-8-21-13)15-17-14(18-20-15)10-5-7-19-12-4-2-1-3-9(10)12/h1-4,6,8,10H,5,7,16H2. The summed E-state index contributed by atoms with van der Waals surface area (Å²) in [6.07, 6.45) is 0.842. The summed E-state index contributed by atoms with van der Waals surface area (Å²) in [5.41, 5.74) is 7.82. The molecule has 21 heavy (non-hydrogen) atoms. The third kappa shape index (κ3) is 2.08. The molecule has 6 heteroatoms. The van der Waals surface area contributed by atoms with Crippen molar-refractivity contribution in [2.75, 3.05) is 12.3 Å². The number of anilines is 1. The quantitative estimate of drug-likeness (QED) is 0.786. The van der Waals surface area contributed by atoms with Crippen LogP contribution in [0.2, 0.25) is 0 Å². The van der Waals surface area contributed by atoms with Gasteiger partial charge in [0.2, 0.25) is 0 Å². The molecular weight excluding hydrogens is 286 g/mol. The largest absolute Gasteiger partial charge is 0.493 e. The molecule has 1 aliphatic rings. The van der Waals surface area contributed by atoms with Crippen LogP contribution in [0.25, 0.3) is 11.5 Å². The number of aromatic nitrogens is 2. The maximum Gasteiger partial charge on any atom is 0.260 e. The molecule has 4 rings (SSSR count). The van der Waals surface area contributed by atoms with Gasteiger partial charge in [0, 0.05) is 5.56 Å². The Hall–Kier alpha value is -2.34. The van der Waals surface area contributed by atoms with Crippen LogP contribution in [0.4, 0.5) is 5.00 Å². The number of benzene rings is 1. The van der Waals surface area contributed by atoms with E-state index >= 15 is 0 Å². The van der Waals surface area contributed by atoms with Crippen molar-refractivity contribution >= 4 is 16.3 Å². The minimum absolute atomic E-state index is 0.104. The molecule has 3 heterocycles. The van der Waals surface area contributed by atoms with E-state index in [9.17, 15) is 0 Å². The second kappa shape index (κ2) is 4.89. The van der Waals surface area contributed by atoms with Crippen molar-refractivity contribution in [3.63, 3.8) is 0 Å². The predicted octanol–water partition coefficient (Wildman–Crippen LogP) is 3.29. The number of hydrogen-bond donors (Lipinski definition) is 1. The van der Waals surface area contributed by atoms with Gasteiger partial charge in [-0.05, 0) is 23.9 Å². The van der Waals surface area contributed by atoms with Gasteiger partial charge in [0.1, 0.15) is 5.75 Å². The van der Waals surface area contributed by atoms with Crippen LogP contribution in [0.3, 0.4) is 0 Å². The average Bonchev–Trinajstić information content (AvgIpc) is 3.15. The fraction of sp³-hybridized carbons (Fsp3) is 0.200. The van der Waals surface area contributed by atoms with E-state index in [2.05, 4.69) is 10.1 Å². The molecule has 2 aromatic heterocycles. The van der Waals surface area contributed by atoms with E-state index in [0.717, 1.165) is 23.3 Å². The summed E-state index contributed by atoms with van der Waals surface area (Å²) in [4.78, 5) is 4.53. The van der Waals surface area contributed by atoms with Crippen molar-refractivity contribution in [1.82, 2.24) is 10.1 Å². The molecule has 0 saturated carbocycles. The summed E-state index contributed by atoms with van der Waals surface area (Å²) in [5.74, 6) is 2.17. The van der Waals surface area contributed by atoms with Crippen LogP contribution in [0.5, 0.6) is 5.75 Å². The molecule has 0 saturated heterocycles. The molecule has 1 aliphatic heterocycles. The molecule has 106 valence electrons. The molecule has 1 atom stereocenters. The molecule has 2 N–H and O–H groups in total. The number of nitrogen functional groups attached to an aromatic ring is 1. The molecule has 0 fully saturated rings. The Bertz CT molecular complexity index is 781. The van der Waals surface area contributed by atoms with Gasteiger partial charge in [-0.1, -0.05) is 23.4 Å². The first-order valence-corrected chi connectivity index (χ1v) is 7.59. The summed E-state index contributed by atoms with van der Waals surface area (Å²) in [6, 6.07) is 9.88. The van der Waals surface area contributed by atoms with Crippen molar-refractivity contribution in [1.29, 1.82) is 0 Å². The number of thiophene rings is 1. The number of ether oxygens (including phenoxy) is 1. The third-order valence-electron chi connectivity index (χ3n) is 3.64. The maximum atomic E-state index is 5.91. The van der Waals surface area contributed by atoms with Crippen molar-refractivity contribution in [2.24, 2.45) is 0 Å². The number of hydrogen-bond acceptors (Lipinski definition) is 6. The molecule has 1 unspecified atom stereocenters. The topological polar surface area (TPSA) is 74.2 Å². The lowest BCUT2D eigenvalue weighted by Gasteiger charge is -2.23. The molecule has 1 aromatic carbocycles. The second-order valence-electron chi connectivity index (χ2n) is 4.88. The van der Waals surface area contributed by atoms with Gasteiger partial charge in [0.25, 0.3) is 5.89 Å². The van der Waals surface area contributed by atoms with Gasteiger partial charge >= 0.3 is 0 Å². The molecule has 0 amide bonds. The first kappa shape index (κ1) is 12.4. The Labute approximate surface area is 125 Å². The summed E-state index contributed by atoms with van der Waals surface area (Å²) in [5, 5.41) is 6.75. The zero-order valence-corrected chi connectivity index (χ0v) is 12.0. The highest BCUT2D eigenvalue weighted by atomic mass is 32.1. The number of fused-ring (bicyclic) bond motifs is 1. The van der Waals surface area contributed by atoms with E-state index in [1.807, 2.05) is 35.7 Å². The number of nitrogens with zero attached hydrogens (tertiary/aromatic N) is 2. The SMILES string of the molecule is Nc1sccc1-c1nc(C2CCOc3ccccc32)no1. The Morgan fingerprint density at radius 1 is 1.24 bits per heavy atom. The van der Waals surface area contributed by atoms with Crippen molar-refractivity contribution in [3.05, 3.63) is 47.1 Å². The van der Waals surface area contributed by atoms with Crippen LogP contribution in [0, 0.1) is 0 Å². The monoisotopic (exact) mass is 299 g/mol. The molecule has 0 bridgehead atoms. The van der Waals surface area contributed by atoms with E-state index in [1.165, 1.54) is 11.3 Å². The van der Waals surface area contributed by atoms with Crippen LogP contribution in [-0.2, 0) is 0 Å². The molecule has 3 aromatic rings. The minimum atomic E-state index is 0.104. The summed E-state index contributed by atoms with van der Waals surface area (Å²) in [7, 11) is 0. The van der Waals surface area contributed by atoms with Gasteiger partial charge < -0.3 is 15.0 Å². The normalized spacial score (nSPS) is 17.2. The van der Waals surface area contributed by atoms with Gasteiger partial charge in [0.15, 0.2) is 5.82 Å². The Kier molecular flexibility index (Phi) is 2.89. The Balaban J connectivity index is 1.73. The van der Waals surface area contributed by atoms with E-state index in [1.54, 1.807) is 0 Å². The highest BCUT2D eigenvalue weighted by molar-refractivity contribution is 7.14. The van der Waals surface area contributed by atoms with Crippen molar-refractivity contribution < 1.29 is 9.26 Å². The fourth-order valence-electron chi connectivity index (χ4n) is 2.59. The second-order valence-corrected chi connectivity index (χ2v) is 5.83. The van der Waals surface area contributed by atoms with Crippen LogP contribution in [-0.4, -0.2) is 16.7 Å². The highest BCUT2D eigenvalue weighted by Crippen LogP contribution is 2.38. The first-order chi connectivity index (χ1) is 10.3. The molecule has 0 spiro atoms. The average molecular weight is 299 g/mol. The Morgan fingerprint density at radius 3 is 3.00 bits per heavy atom. The van der Waals surface area contributed by atoms with Crippen molar-refractivity contribution in [3.8, 4) is 17.2 Å². The van der Waals surface area contributed by atoms with Crippen LogP contribution >= 0.6 is 11.3 Å². The van der Waals surface area contributed by atoms with Crippen LogP contribution < -0.4 is 10.5 Å². The zero-order valence-electron chi connectivity index (χ0n) is 11.2. The molecular formula is C15H13N3O2S. The fourth-order valence-corrected chi connectivity index (χ4v) is 3.23. The lowest BCUT2D eigenvalue weighted by molar-refractivity contribution is 0.272. The van der Waals surface area contributed by atoms with Crippen LogP contribution in [0.15, 0.2) is 40.2 Å². The summed E-state index contributed by atoms with van der Waals surface area (Å²) < 4.78 is 11.1. The lowest BCUT2D eigenvalue weighted by Crippen LogP contribution is -2.16. The number of para-hydroxylation sites is 1. The number of nitrogens with two attached hydrogens (primary N) is 1. The molecule has 5 nitrogen and oxygen atoms in total. The van der Waals surface area contributed by atoms with E-state index < -0.39 is 0 Å². The van der Waals surface area contributed by atoms with Crippen LogP contribution in [0.1, 0.15) is 23.7 Å². The van der Waals surface area contributed by atoms with E-state index in [4.69, 9.17) is 15.0 Å². The van der Waals surface area contributed by atoms with E-state index in [-0.39, 0.29) is 5.92 Å². The van der Waals surface area contributed by atoms with Crippen molar-refractivity contribution in [2.45, 2.75) is 12.3 Å². The van der Waals surface area contributed by atoms with Gasteiger partial charge in [-0.25, -0.2) is 0 Å². The Morgan fingerprint density at radius 2 is 2.14 bits per heavy atom. The van der Waals surface area contributed by atoms with Gasteiger partial charge in [0.05, 0.1) is 23.1 Å².